The molecular weight excluding hydrogens is 128 g/mol. The molecule has 0 rings (SSSR count). The molecule has 2 N–H and O–H groups in total. The van der Waals surface area contributed by atoms with Crippen LogP contribution in [0, 0.1) is 0 Å². The van der Waals surface area contributed by atoms with Crippen molar-refractivity contribution in [2.45, 2.75) is 13.3 Å². The summed E-state index contributed by atoms with van der Waals surface area (Å²) in [6.45, 7) is 2.40. The molecule has 0 aromatic rings. The lowest BCUT2D eigenvalue weighted by molar-refractivity contribution is -0.107. The summed E-state index contributed by atoms with van der Waals surface area (Å²) in [5.41, 5.74) is 6.07. The van der Waals surface area contributed by atoms with Gasteiger partial charge in [0.1, 0.15) is 6.29 Å². The highest BCUT2D eigenvalue weighted by Crippen LogP contribution is 1.83. The van der Waals surface area contributed by atoms with Crippen molar-refractivity contribution in [3.05, 3.63) is 11.8 Å². The zero-order chi connectivity index (χ0) is 7.82. The van der Waals surface area contributed by atoms with Crippen LogP contribution in [0.3, 0.4) is 0 Å². The van der Waals surface area contributed by atoms with Gasteiger partial charge in [-0.15, -0.1) is 0 Å². The van der Waals surface area contributed by atoms with Crippen molar-refractivity contribution in [3.8, 4) is 0 Å². The Hall–Kier alpha value is -1.12. The van der Waals surface area contributed by atoms with Gasteiger partial charge in [-0.3, -0.25) is 4.99 Å². The van der Waals surface area contributed by atoms with E-state index in [2.05, 4.69) is 4.99 Å². The van der Waals surface area contributed by atoms with Crippen LogP contribution in [0.1, 0.15) is 13.3 Å². The second kappa shape index (κ2) is 6.01. The highest BCUT2D eigenvalue weighted by molar-refractivity contribution is 5.77. The molecule has 0 amide bonds. The Morgan fingerprint density at radius 1 is 1.70 bits per heavy atom. The summed E-state index contributed by atoms with van der Waals surface area (Å²) in [7, 11) is 0. The third-order valence-corrected chi connectivity index (χ3v) is 0.934. The smallest absolute Gasteiger partial charge is 0.121 e. The lowest BCUT2D eigenvalue weighted by atomic mass is 10.4. The number of aliphatic imine (C=N–C) groups is 1. The maximum absolute atomic E-state index is 9.81. The van der Waals surface area contributed by atoms with Crippen molar-refractivity contribution >= 4 is 12.5 Å². The zero-order valence-corrected chi connectivity index (χ0v) is 6.08. The largest absolute Gasteiger partial charge is 0.404 e. The van der Waals surface area contributed by atoms with E-state index in [1.54, 1.807) is 6.21 Å². The molecule has 0 aliphatic rings. The maximum Gasteiger partial charge on any atom is 0.121 e. The second-order valence-electron chi connectivity index (χ2n) is 1.90. The number of aldehydes is 1. The first-order valence-electron chi connectivity index (χ1n) is 3.13. The molecule has 0 aliphatic heterocycles. The molecule has 0 saturated carbocycles. The predicted molar refractivity (Wildman–Crippen MR) is 42.0 cm³/mol. The first kappa shape index (κ1) is 8.88. The minimum absolute atomic E-state index is 0.481. The van der Waals surface area contributed by atoms with Crippen LogP contribution < -0.4 is 5.73 Å². The van der Waals surface area contributed by atoms with Gasteiger partial charge in [-0.25, -0.2) is 0 Å². The first-order valence-corrected chi connectivity index (χ1v) is 3.13. The van der Waals surface area contributed by atoms with E-state index in [9.17, 15) is 4.79 Å². The summed E-state index contributed by atoms with van der Waals surface area (Å²) < 4.78 is 0. The van der Waals surface area contributed by atoms with Crippen LogP contribution >= 0.6 is 0 Å². The van der Waals surface area contributed by atoms with Crippen molar-refractivity contribution < 1.29 is 4.79 Å². The zero-order valence-electron chi connectivity index (χ0n) is 6.08. The molecule has 0 atom stereocenters. The molecule has 0 bridgehead atoms. The van der Waals surface area contributed by atoms with E-state index in [0.29, 0.717) is 13.0 Å². The molecule has 0 fully saturated rings. The van der Waals surface area contributed by atoms with Crippen molar-refractivity contribution in [2.24, 2.45) is 10.7 Å². The molecule has 0 radical (unpaired) electrons. The highest BCUT2D eigenvalue weighted by atomic mass is 16.1. The number of nitrogens with two attached hydrogens (primary N) is 1. The van der Waals surface area contributed by atoms with Gasteiger partial charge >= 0.3 is 0 Å². The van der Waals surface area contributed by atoms with Crippen LogP contribution in [-0.2, 0) is 4.79 Å². The van der Waals surface area contributed by atoms with E-state index < -0.39 is 0 Å². The number of carbonyl (C=O) groups is 1. The summed E-state index contributed by atoms with van der Waals surface area (Å²) in [4.78, 5) is 13.7. The van der Waals surface area contributed by atoms with Crippen LogP contribution in [0.2, 0.25) is 0 Å². The van der Waals surface area contributed by atoms with Crippen LogP contribution in [0.25, 0.3) is 0 Å². The minimum Gasteiger partial charge on any atom is -0.404 e. The Morgan fingerprint density at radius 3 is 2.90 bits per heavy atom. The molecule has 56 valence electrons. The number of hydrogen-bond donors (Lipinski definition) is 1. The van der Waals surface area contributed by atoms with Crippen LogP contribution in [0.4, 0.5) is 0 Å². The summed E-state index contributed by atoms with van der Waals surface area (Å²) in [6, 6.07) is 0. The van der Waals surface area contributed by atoms with E-state index >= 15 is 0 Å². The average Bonchev–Trinajstić information content (AvgIpc) is 1.98. The molecule has 10 heavy (non-hydrogen) atoms. The van der Waals surface area contributed by atoms with E-state index in [0.717, 1.165) is 11.9 Å². The van der Waals surface area contributed by atoms with Crippen molar-refractivity contribution in [1.82, 2.24) is 0 Å². The highest BCUT2D eigenvalue weighted by Gasteiger charge is 1.79. The van der Waals surface area contributed by atoms with Crippen LogP contribution in [-0.4, -0.2) is 19.0 Å². The summed E-state index contributed by atoms with van der Waals surface area (Å²) in [6.07, 6.45) is 4.46. The Morgan fingerprint density at radius 2 is 2.40 bits per heavy atom. The van der Waals surface area contributed by atoms with Gasteiger partial charge < -0.3 is 10.5 Å². The molecule has 0 aliphatic carbocycles. The third-order valence-electron chi connectivity index (χ3n) is 0.934. The third kappa shape index (κ3) is 5.03. The van der Waals surface area contributed by atoms with E-state index in [4.69, 9.17) is 5.73 Å². The van der Waals surface area contributed by atoms with Gasteiger partial charge in [0.25, 0.3) is 0 Å². The lowest BCUT2D eigenvalue weighted by Gasteiger charge is -1.86. The normalized spacial score (nSPS) is 12.3. The van der Waals surface area contributed by atoms with Gasteiger partial charge in [-0.05, 0) is 18.7 Å². The van der Waals surface area contributed by atoms with Gasteiger partial charge in [0, 0.05) is 19.2 Å². The SMILES string of the molecule is CC(C=NCCC=O)=CN. The molecule has 0 spiro atoms. The number of hydrogen-bond acceptors (Lipinski definition) is 3. The number of allylic oxidation sites excluding steroid dienone is 1. The summed E-state index contributed by atoms with van der Waals surface area (Å²) in [5.74, 6) is 0. The topological polar surface area (TPSA) is 55.5 Å². The Labute approximate surface area is 60.6 Å². The van der Waals surface area contributed by atoms with Crippen LogP contribution in [0.15, 0.2) is 16.8 Å². The summed E-state index contributed by atoms with van der Waals surface area (Å²) >= 11 is 0. The average molecular weight is 140 g/mol. The lowest BCUT2D eigenvalue weighted by Crippen LogP contribution is -1.87. The molecule has 0 unspecified atom stereocenters. The molecule has 3 nitrogen and oxygen atoms in total. The van der Waals surface area contributed by atoms with Gasteiger partial charge in [0.05, 0.1) is 0 Å². The van der Waals surface area contributed by atoms with Gasteiger partial charge in [0.2, 0.25) is 0 Å². The predicted octanol–water partition coefficient (Wildman–Crippen LogP) is 0.509. The Kier molecular flexibility index (Phi) is 5.33. The van der Waals surface area contributed by atoms with Gasteiger partial charge in [-0.1, -0.05) is 0 Å². The Balaban J connectivity index is 3.45. The molecule has 3 heteroatoms. The van der Waals surface area contributed by atoms with Crippen molar-refractivity contribution in [1.29, 1.82) is 0 Å². The number of carbonyl (C=O) groups excluding carboxylic acids is 1. The fourth-order valence-corrected chi connectivity index (χ4v) is 0.379. The number of nitrogens with zero attached hydrogens (tertiary/aromatic N) is 1. The molecular formula is C7H12N2O. The standard InChI is InChI=1S/C7H12N2O/c1-7(5-8)6-9-3-2-4-10/h4-6H,2-3,8H2,1H3. The molecule has 0 saturated heterocycles. The van der Waals surface area contributed by atoms with Crippen LogP contribution in [0.5, 0.6) is 0 Å². The van der Waals surface area contributed by atoms with Crippen molar-refractivity contribution in [2.75, 3.05) is 6.54 Å². The number of rotatable bonds is 4. The molecule has 0 aromatic heterocycles. The van der Waals surface area contributed by atoms with Crippen molar-refractivity contribution in [3.63, 3.8) is 0 Å². The molecule has 0 heterocycles. The van der Waals surface area contributed by atoms with E-state index in [1.165, 1.54) is 6.20 Å². The first-order chi connectivity index (χ1) is 4.81. The maximum atomic E-state index is 9.81. The van der Waals surface area contributed by atoms with Gasteiger partial charge in [-0.2, -0.15) is 0 Å². The fourth-order valence-electron chi connectivity index (χ4n) is 0.379. The fraction of sp³-hybridized carbons (Fsp3) is 0.429. The van der Waals surface area contributed by atoms with Gasteiger partial charge in [0.15, 0.2) is 0 Å². The quantitative estimate of drug-likeness (QED) is 0.351. The minimum atomic E-state index is 0.481. The summed E-state index contributed by atoms with van der Waals surface area (Å²) in [5, 5.41) is 0. The second-order valence-corrected chi connectivity index (χ2v) is 1.90. The van der Waals surface area contributed by atoms with E-state index in [-0.39, 0.29) is 0 Å². The molecule has 0 aromatic carbocycles. The Bertz CT molecular complexity index is 150. The monoisotopic (exact) mass is 140 g/mol. The van der Waals surface area contributed by atoms with E-state index in [1.807, 2.05) is 6.92 Å².